The number of nitrogens with zero attached hydrogens (tertiary/aromatic N) is 2. The number of amides is 1. The molecule has 7 heteroatoms. The number of anilines is 1. The van der Waals surface area contributed by atoms with E-state index in [1.807, 2.05) is 0 Å². The van der Waals surface area contributed by atoms with E-state index in [1.165, 1.54) is 23.1 Å². The van der Waals surface area contributed by atoms with Crippen LogP contribution in [0.2, 0.25) is 0 Å². The Morgan fingerprint density at radius 3 is 2.53 bits per heavy atom. The highest BCUT2D eigenvalue weighted by molar-refractivity contribution is 5.94. The second-order valence-electron chi connectivity index (χ2n) is 4.99. The van der Waals surface area contributed by atoms with Crippen molar-refractivity contribution in [1.82, 2.24) is 0 Å². The molecule has 0 saturated heterocycles. The molecule has 0 aliphatic heterocycles. The van der Waals surface area contributed by atoms with Gasteiger partial charge in [0, 0.05) is 25.2 Å². The van der Waals surface area contributed by atoms with E-state index in [-0.39, 0.29) is 23.5 Å². The molecule has 0 unspecified atom stereocenters. The summed E-state index contributed by atoms with van der Waals surface area (Å²) in [5.74, 6) is -0.659. The molecular weight excluding hydrogens is 250 g/mol. The molecule has 7 nitrogen and oxygen atoms in total. The van der Waals surface area contributed by atoms with Crippen molar-refractivity contribution in [2.75, 3.05) is 18.5 Å². The molecule has 0 fully saturated rings. The molecule has 0 aliphatic rings. The summed E-state index contributed by atoms with van der Waals surface area (Å²) < 4.78 is 0. The molecule has 0 aromatic heterocycles. The highest BCUT2D eigenvalue weighted by Crippen LogP contribution is 2.29. The van der Waals surface area contributed by atoms with Crippen LogP contribution >= 0.6 is 0 Å². The SMILES string of the molecule is CN(CC(C)(C)O)c1cc(C(N)=O)ccc1[N+](=O)[O-]. The van der Waals surface area contributed by atoms with E-state index in [4.69, 9.17) is 5.73 Å². The second-order valence-corrected chi connectivity index (χ2v) is 4.99. The Hall–Kier alpha value is -2.15. The first-order valence-corrected chi connectivity index (χ1v) is 5.63. The van der Waals surface area contributed by atoms with Gasteiger partial charge >= 0.3 is 0 Å². The lowest BCUT2D eigenvalue weighted by atomic mass is 10.1. The van der Waals surface area contributed by atoms with Crippen LogP contribution in [0.3, 0.4) is 0 Å². The third kappa shape index (κ3) is 3.92. The molecule has 3 N–H and O–H groups in total. The normalized spacial score (nSPS) is 11.2. The lowest BCUT2D eigenvalue weighted by Crippen LogP contribution is -2.36. The van der Waals surface area contributed by atoms with Crippen molar-refractivity contribution >= 4 is 17.3 Å². The maximum absolute atomic E-state index is 11.1. The first-order chi connectivity index (χ1) is 8.61. The van der Waals surface area contributed by atoms with E-state index in [2.05, 4.69) is 0 Å². The fourth-order valence-corrected chi connectivity index (χ4v) is 1.80. The van der Waals surface area contributed by atoms with Gasteiger partial charge in [0.05, 0.1) is 10.5 Å². The van der Waals surface area contributed by atoms with E-state index in [0.29, 0.717) is 0 Å². The Morgan fingerprint density at radius 1 is 1.53 bits per heavy atom. The number of nitro groups is 1. The summed E-state index contributed by atoms with van der Waals surface area (Å²) in [6.45, 7) is 3.36. The Morgan fingerprint density at radius 2 is 2.11 bits per heavy atom. The summed E-state index contributed by atoms with van der Waals surface area (Å²) in [6.07, 6.45) is 0. The number of hydrogen-bond donors (Lipinski definition) is 2. The smallest absolute Gasteiger partial charge is 0.292 e. The monoisotopic (exact) mass is 267 g/mol. The quantitative estimate of drug-likeness (QED) is 0.608. The number of hydrogen-bond acceptors (Lipinski definition) is 5. The van der Waals surface area contributed by atoms with Gasteiger partial charge in [-0.05, 0) is 26.0 Å². The van der Waals surface area contributed by atoms with Gasteiger partial charge < -0.3 is 15.7 Å². The average molecular weight is 267 g/mol. The fraction of sp³-hybridized carbons (Fsp3) is 0.417. The van der Waals surface area contributed by atoms with E-state index in [1.54, 1.807) is 20.9 Å². The van der Waals surface area contributed by atoms with Gasteiger partial charge in [0.2, 0.25) is 5.91 Å². The largest absolute Gasteiger partial charge is 0.389 e. The van der Waals surface area contributed by atoms with Crippen LogP contribution in [-0.2, 0) is 0 Å². The van der Waals surface area contributed by atoms with Crippen molar-refractivity contribution in [2.24, 2.45) is 5.73 Å². The van der Waals surface area contributed by atoms with Crippen LogP contribution in [0.15, 0.2) is 18.2 Å². The number of nitro benzene ring substituents is 1. The van der Waals surface area contributed by atoms with Crippen LogP contribution in [0.25, 0.3) is 0 Å². The van der Waals surface area contributed by atoms with Crippen LogP contribution in [-0.4, -0.2) is 35.1 Å². The van der Waals surface area contributed by atoms with Gasteiger partial charge in [0.25, 0.3) is 5.69 Å². The van der Waals surface area contributed by atoms with Crippen LogP contribution in [0.4, 0.5) is 11.4 Å². The van der Waals surface area contributed by atoms with Crippen molar-refractivity contribution in [2.45, 2.75) is 19.4 Å². The van der Waals surface area contributed by atoms with Gasteiger partial charge in [-0.15, -0.1) is 0 Å². The molecule has 19 heavy (non-hydrogen) atoms. The fourth-order valence-electron chi connectivity index (χ4n) is 1.80. The van der Waals surface area contributed by atoms with Crippen LogP contribution < -0.4 is 10.6 Å². The predicted molar refractivity (Wildman–Crippen MR) is 71.2 cm³/mol. The topological polar surface area (TPSA) is 110 Å². The zero-order valence-corrected chi connectivity index (χ0v) is 11.1. The number of carbonyl (C=O) groups is 1. The van der Waals surface area contributed by atoms with Gasteiger partial charge in [-0.25, -0.2) is 0 Å². The summed E-state index contributed by atoms with van der Waals surface area (Å²) in [5.41, 5.74) is 4.42. The van der Waals surface area contributed by atoms with Crippen molar-refractivity contribution in [3.63, 3.8) is 0 Å². The van der Waals surface area contributed by atoms with Crippen molar-refractivity contribution in [3.05, 3.63) is 33.9 Å². The Bertz CT molecular complexity index is 508. The molecule has 1 rings (SSSR count). The van der Waals surface area contributed by atoms with Gasteiger partial charge in [-0.2, -0.15) is 0 Å². The van der Waals surface area contributed by atoms with Gasteiger partial charge in [-0.1, -0.05) is 0 Å². The minimum Gasteiger partial charge on any atom is -0.389 e. The van der Waals surface area contributed by atoms with Gasteiger partial charge in [0.1, 0.15) is 5.69 Å². The summed E-state index contributed by atoms with van der Waals surface area (Å²) >= 11 is 0. The van der Waals surface area contributed by atoms with Crippen LogP contribution in [0, 0.1) is 10.1 Å². The number of carbonyl (C=O) groups excluding carboxylic acids is 1. The maximum Gasteiger partial charge on any atom is 0.292 e. The molecule has 0 saturated carbocycles. The van der Waals surface area contributed by atoms with Gasteiger partial charge in [-0.3, -0.25) is 14.9 Å². The first kappa shape index (κ1) is 14.9. The third-order valence-corrected chi connectivity index (χ3v) is 2.49. The van der Waals surface area contributed by atoms with E-state index < -0.39 is 16.4 Å². The Balaban J connectivity index is 3.24. The first-order valence-electron chi connectivity index (χ1n) is 5.63. The molecular formula is C12H17N3O4. The zero-order chi connectivity index (χ0) is 14.8. The molecule has 0 spiro atoms. The van der Waals surface area contributed by atoms with Crippen molar-refractivity contribution < 1.29 is 14.8 Å². The predicted octanol–water partition coefficient (Wildman–Crippen LogP) is 0.901. The number of likely N-dealkylation sites (N-methyl/N-ethyl adjacent to an activating group) is 1. The van der Waals surface area contributed by atoms with E-state index >= 15 is 0 Å². The molecule has 0 aliphatic carbocycles. The molecule has 1 amide bonds. The third-order valence-electron chi connectivity index (χ3n) is 2.49. The zero-order valence-electron chi connectivity index (χ0n) is 11.1. The van der Waals surface area contributed by atoms with Crippen LogP contribution in [0.1, 0.15) is 24.2 Å². The number of benzene rings is 1. The average Bonchev–Trinajstić information content (AvgIpc) is 2.25. The van der Waals surface area contributed by atoms with Crippen LogP contribution in [0.5, 0.6) is 0 Å². The highest BCUT2D eigenvalue weighted by Gasteiger charge is 2.23. The molecule has 1 aromatic carbocycles. The second kappa shape index (κ2) is 5.23. The number of rotatable bonds is 5. The molecule has 0 heterocycles. The minimum absolute atomic E-state index is 0.142. The standard InChI is InChI=1S/C12H17N3O4/c1-12(2,17)7-14(3)10-6-8(11(13)16)4-5-9(10)15(18)19/h4-6,17H,7H2,1-3H3,(H2,13,16). The highest BCUT2D eigenvalue weighted by atomic mass is 16.6. The summed E-state index contributed by atoms with van der Waals surface area (Å²) in [6, 6.07) is 3.89. The summed E-state index contributed by atoms with van der Waals surface area (Å²) in [5, 5.41) is 20.7. The lowest BCUT2D eigenvalue weighted by Gasteiger charge is -2.27. The molecule has 0 atom stereocenters. The van der Waals surface area contributed by atoms with E-state index in [0.717, 1.165) is 0 Å². The Kier molecular flexibility index (Phi) is 4.10. The van der Waals surface area contributed by atoms with Crippen molar-refractivity contribution in [1.29, 1.82) is 0 Å². The minimum atomic E-state index is -1.02. The molecule has 1 aromatic rings. The van der Waals surface area contributed by atoms with Crippen molar-refractivity contribution in [3.8, 4) is 0 Å². The summed E-state index contributed by atoms with van der Waals surface area (Å²) in [7, 11) is 1.60. The Labute approximate surface area is 110 Å². The lowest BCUT2D eigenvalue weighted by molar-refractivity contribution is -0.384. The number of primary amides is 1. The number of nitrogens with two attached hydrogens (primary N) is 1. The molecule has 104 valence electrons. The number of aliphatic hydroxyl groups is 1. The maximum atomic E-state index is 11.1. The van der Waals surface area contributed by atoms with E-state index in [9.17, 15) is 20.0 Å². The molecule has 0 radical (unpaired) electrons. The summed E-state index contributed by atoms with van der Waals surface area (Å²) in [4.78, 5) is 23.1. The van der Waals surface area contributed by atoms with Gasteiger partial charge in [0.15, 0.2) is 0 Å². The molecule has 0 bridgehead atoms.